The summed E-state index contributed by atoms with van der Waals surface area (Å²) in [5, 5.41) is 5.53. The molecule has 0 bridgehead atoms. The zero-order valence-corrected chi connectivity index (χ0v) is 23.5. The molecule has 224 valence electrons. The normalized spacial score (nSPS) is 15.5. The third-order valence-corrected chi connectivity index (χ3v) is 7.62. The first-order chi connectivity index (χ1) is 19.8. The molecular weight excluding hydrogens is 580 g/mol. The summed E-state index contributed by atoms with van der Waals surface area (Å²) in [4.78, 5) is 43.1. The fraction of sp³-hybridized carbons (Fsp3) is 0.346. The summed E-state index contributed by atoms with van der Waals surface area (Å²) in [5.41, 5.74) is 1.39. The topological polar surface area (TPSA) is 149 Å². The van der Waals surface area contributed by atoms with Gasteiger partial charge in [0, 0.05) is 44.1 Å². The number of anilines is 5. The van der Waals surface area contributed by atoms with Crippen molar-refractivity contribution in [3.63, 3.8) is 0 Å². The third-order valence-electron chi connectivity index (χ3n) is 6.84. The lowest BCUT2D eigenvalue weighted by atomic mass is 10.0. The lowest BCUT2D eigenvalue weighted by Crippen LogP contribution is -2.36. The van der Waals surface area contributed by atoms with Crippen LogP contribution < -0.4 is 20.3 Å². The second-order valence-electron chi connectivity index (χ2n) is 9.81. The van der Waals surface area contributed by atoms with Crippen LogP contribution in [0.3, 0.4) is 0 Å². The summed E-state index contributed by atoms with van der Waals surface area (Å²) in [6.07, 6.45) is -4.69. The maximum Gasteiger partial charge on any atom is 0.421 e. The summed E-state index contributed by atoms with van der Waals surface area (Å²) in [6.45, 7) is 2.61. The Labute approximate surface area is 238 Å². The molecule has 5 rings (SSSR count). The monoisotopic (exact) mass is 608 g/mol. The molecule has 3 aromatic rings. The highest BCUT2D eigenvalue weighted by molar-refractivity contribution is 7.50. The van der Waals surface area contributed by atoms with Crippen molar-refractivity contribution in [2.75, 3.05) is 56.0 Å². The van der Waals surface area contributed by atoms with Gasteiger partial charge in [-0.05, 0) is 29.8 Å². The molecule has 42 heavy (non-hydrogen) atoms. The molecule has 0 aliphatic carbocycles. The number of methoxy groups -OCH3 is 1. The molecule has 3 heterocycles. The standard InChI is InChI=1S/C26H28F3N6O6P/c1-34-13-16-20(35-7-9-41-10-8-35)6-5-19(22(16)24(34)36)31-23-17(26(27,28)29)12-30-25(33-23)32-18-4-3-15(11-21(18)40-2)14-42(37,38)39/h3-6,11-12H,7-10,13-14H2,1-2H3,(H2,37,38,39)(H2,30,31,32,33). The number of hydrogen-bond acceptors (Lipinski definition) is 9. The zero-order valence-electron chi connectivity index (χ0n) is 22.6. The fourth-order valence-electron chi connectivity index (χ4n) is 4.91. The molecule has 1 amide bonds. The van der Waals surface area contributed by atoms with E-state index in [9.17, 15) is 32.3 Å². The molecule has 0 radical (unpaired) electrons. The lowest BCUT2D eigenvalue weighted by Gasteiger charge is -2.30. The summed E-state index contributed by atoms with van der Waals surface area (Å²) >= 11 is 0. The Morgan fingerprint density at radius 2 is 1.83 bits per heavy atom. The minimum atomic E-state index is -4.81. The number of carbonyl (C=O) groups excluding carboxylic acids is 1. The SMILES string of the molecule is COc1cc(CP(=O)(O)O)ccc1Nc1ncc(C(F)(F)F)c(Nc2ccc(N3CCOCC3)c3c2C(=O)N(C)C3)n1. The molecule has 0 saturated carbocycles. The van der Waals surface area contributed by atoms with E-state index >= 15 is 0 Å². The van der Waals surface area contributed by atoms with E-state index in [4.69, 9.17) is 9.47 Å². The molecule has 12 nitrogen and oxygen atoms in total. The number of morpholine rings is 1. The smallest absolute Gasteiger partial charge is 0.421 e. The van der Waals surface area contributed by atoms with Crippen LogP contribution in [-0.4, -0.2) is 71.0 Å². The van der Waals surface area contributed by atoms with E-state index < -0.39 is 31.3 Å². The van der Waals surface area contributed by atoms with Gasteiger partial charge in [-0.3, -0.25) is 9.36 Å². The molecule has 0 spiro atoms. The van der Waals surface area contributed by atoms with Gasteiger partial charge in [-0.15, -0.1) is 0 Å². The predicted octanol–water partition coefficient (Wildman–Crippen LogP) is 4.09. The van der Waals surface area contributed by atoms with Gasteiger partial charge in [0.05, 0.1) is 43.4 Å². The molecule has 2 aliphatic rings. The van der Waals surface area contributed by atoms with Crippen LogP contribution in [0.15, 0.2) is 36.5 Å². The van der Waals surface area contributed by atoms with E-state index in [1.54, 1.807) is 19.2 Å². The van der Waals surface area contributed by atoms with Gasteiger partial charge in [-0.25, -0.2) is 4.98 Å². The van der Waals surface area contributed by atoms with Gasteiger partial charge in [-0.1, -0.05) is 6.07 Å². The zero-order chi connectivity index (χ0) is 30.2. The first kappa shape index (κ1) is 29.6. The number of nitrogens with one attached hydrogen (secondary N) is 2. The Morgan fingerprint density at radius 1 is 1.12 bits per heavy atom. The molecule has 0 unspecified atom stereocenters. The summed E-state index contributed by atoms with van der Waals surface area (Å²) < 4.78 is 64.1. The molecule has 2 aromatic carbocycles. The van der Waals surface area contributed by atoms with Crippen LogP contribution in [0.4, 0.5) is 42.0 Å². The van der Waals surface area contributed by atoms with Crippen LogP contribution in [0.25, 0.3) is 0 Å². The van der Waals surface area contributed by atoms with Crippen LogP contribution in [0.2, 0.25) is 0 Å². The van der Waals surface area contributed by atoms with Crippen molar-refractivity contribution in [1.29, 1.82) is 0 Å². The molecule has 1 saturated heterocycles. The number of carbonyl (C=O) groups is 1. The van der Waals surface area contributed by atoms with E-state index in [0.717, 1.165) is 5.69 Å². The largest absolute Gasteiger partial charge is 0.495 e. The van der Waals surface area contributed by atoms with Crippen LogP contribution in [0.5, 0.6) is 5.75 Å². The molecule has 1 fully saturated rings. The first-order valence-corrected chi connectivity index (χ1v) is 14.6. The molecule has 0 atom stereocenters. The van der Waals surface area contributed by atoms with Crippen molar-refractivity contribution in [2.45, 2.75) is 18.9 Å². The number of ether oxygens (including phenoxy) is 2. The Balaban J connectivity index is 1.50. The van der Waals surface area contributed by atoms with Crippen molar-refractivity contribution in [3.05, 3.63) is 58.8 Å². The van der Waals surface area contributed by atoms with E-state index in [1.165, 1.54) is 30.2 Å². The van der Waals surface area contributed by atoms with Gasteiger partial charge < -0.3 is 39.7 Å². The average Bonchev–Trinajstić information content (AvgIpc) is 3.23. The minimum Gasteiger partial charge on any atom is -0.495 e. The number of halogens is 3. The molecular formula is C26H28F3N6O6P. The van der Waals surface area contributed by atoms with Crippen molar-refractivity contribution in [1.82, 2.24) is 14.9 Å². The lowest BCUT2D eigenvalue weighted by molar-refractivity contribution is -0.137. The van der Waals surface area contributed by atoms with Gasteiger partial charge in [0.1, 0.15) is 17.1 Å². The number of hydrogen-bond donors (Lipinski definition) is 4. The Morgan fingerprint density at radius 3 is 2.50 bits per heavy atom. The fourth-order valence-corrected chi connectivity index (χ4v) is 5.59. The molecule has 16 heteroatoms. The minimum absolute atomic E-state index is 0.170. The Kier molecular flexibility index (Phi) is 8.03. The Hall–Kier alpha value is -3.91. The number of rotatable bonds is 8. The highest BCUT2D eigenvalue weighted by Crippen LogP contribution is 2.42. The van der Waals surface area contributed by atoms with Gasteiger partial charge in [-0.2, -0.15) is 18.2 Å². The van der Waals surface area contributed by atoms with Crippen LogP contribution >= 0.6 is 7.60 Å². The van der Waals surface area contributed by atoms with E-state index in [2.05, 4.69) is 25.5 Å². The van der Waals surface area contributed by atoms with Gasteiger partial charge in [0.2, 0.25) is 5.95 Å². The molecule has 2 aliphatic heterocycles. The number of benzene rings is 2. The van der Waals surface area contributed by atoms with Gasteiger partial charge in [0.25, 0.3) is 5.91 Å². The third kappa shape index (κ3) is 6.28. The quantitative estimate of drug-likeness (QED) is 0.274. The predicted molar refractivity (Wildman–Crippen MR) is 148 cm³/mol. The number of aromatic nitrogens is 2. The van der Waals surface area contributed by atoms with Gasteiger partial charge in [0.15, 0.2) is 0 Å². The maximum absolute atomic E-state index is 14.0. The average molecular weight is 609 g/mol. The van der Waals surface area contributed by atoms with E-state index in [-0.39, 0.29) is 34.5 Å². The van der Waals surface area contributed by atoms with Crippen molar-refractivity contribution >= 4 is 42.3 Å². The van der Waals surface area contributed by atoms with Crippen LogP contribution in [0.1, 0.15) is 27.0 Å². The summed E-state index contributed by atoms with van der Waals surface area (Å²) in [6, 6.07) is 7.62. The van der Waals surface area contributed by atoms with Crippen molar-refractivity contribution in [2.24, 2.45) is 0 Å². The first-order valence-electron chi connectivity index (χ1n) is 12.8. The second kappa shape index (κ2) is 11.4. The van der Waals surface area contributed by atoms with E-state index in [0.29, 0.717) is 50.2 Å². The molecule has 4 N–H and O–H groups in total. The van der Waals surface area contributed by atoms with Crippen molar-refractivity contribution in [3.8, 4) is 5.75 Å². The Bertz CT molecular complexity index is 1560. The molecule has 1 aromatic heterocycles. The number of fused-ring (bicyclic) bond motifs is 1. The van der Waals surface area contributed by atoms with Crippen LogP contribution in [-0.2, 0) is 28.2 Å². The summed E-state index contributed by atoms with van der Waals surface area (Å²) in [7, 11) is -1.38. The second-order valence-corrected chi connectivity index (χ2v) is 11.5. The maximum atomic E-state index is 14.0. The summed E-state index contributed by atoms with van der Waals surface area (Å²) in [5.74, 6) is -0.940. The van der Waals surface area contributed by atoms with Crippen LogP contribution in [0, 0.1) is 0 Å². The van der Waals surface area contributed by atoms with Crippen molar-refractivity contribution < 1.29 is 41.8 Å². The highest BCUT2D eigenvalue weighted by atomic mass is 31.2. The van der Waals surface area contributed by atoms with E-state index in [1.807, 2.05) is 0 Å². The number of nitrogens with zero attached hydrogens (tertiary/aromatic N) is 4. The number of alkyl halides is 3. The number of amides is 1. The highest BCUT2D eigenvalue weighted by Gasteiger charge is 2.37. The van der Waals surface area contributed by atoms with Gasteiger partial charge >= 0.3 is 13.8 Å².